The summed E-state index contributed by atoms with van der Waals surface area (Å²) < 4.78 is 5.29. The number of amides is 1. The summed E-state index contributed by atoms with van der Waals surface area (Å²) >= 11 is 6.28. The van der Waals surface area contributed by atoms with Crippen LogP contribution in [0.25, 0.3) is 5.57 Å². The van der Waals surface area contributed by atoms with Crippen LogP contribution in [-0.2, 0) is 14.3 Å². The molecule has 1 heterocycles. The Morgan fingerprint density at radius 2 is 2.00 bits per heavy atom. The Morgan fingerprint density at radius 3 is 2.57 bits per heavy atom. The minimum Gasteiger partial charge on any atom is -0.457 e. The van der Waals surface area contributed by atoms with Gasteiger partial charge in [-0.05, 0) is 32.8 Å². The van der Waals surface area contributed by atoms with E-state index in [4.69, 9.17) is 16.3 Å². The SMILES string of the molecule is CC(C)CN1C(=O)/C(=C/C(=O)OC(C)(C)C)c2cccc(Cl)c21. The number of rotatable bonds is 3. The lowest BCUT2D eigenvalue weighted by atomic mass is 10.1. The molecule has 0 atom stereocenters. The van der Waals surface area contributed by atoms with Gasteiger partial charge in [0.1, 0.15) is 5.60 Å². The highest BCUT2D eigenvalue weighted by atomic mass is 35.5. The van der Waals surface area contributed by atoms with Gasteiger partial charge in [0.05, 0.1) is 16.3 Å². The second kappa shape index (κ2) is 6.36. The zero-order valence-electron chi connectivity index (χ0n) is 14.1. The Hall–Kier alpha value is -1.81. The largest absolute Gasteiger partial charge is 0.457 e. The Balaban J connectivity index is 2.45. The van der Waals surface area contributed by atoms with Crippen molar-refractivity contribution in [1.82, 2.24) is 0 Å². The zero-order valence-corrected chi connectivity index (χ0v) is 14.9. The van der Waals surface area contributed by atoms with Gasteiger partial charge < -0.3 is 9.64 Å². The fraction of sp³-hybridized carbons (Fsp3) is 0.444. The number of para-hydroxylation sites is 1. The second-order valence-electron chi connectivity index (χ2n) is 7.04. The van der Waals surface area contributed by atoms with Crippen molar-refractivity contribution in [2.24, 2.45) is 5.92 Å². The number of esters is 1. The molecule has 0 radical (unpaired) electrons. The van der Waals surface area contributed by atoms with Crippen molar-refractivity contribution < 1.29 is 14.3 Å². The van der Waals surface area contributed by atoms with E-state index in [0.717, 1.165) is 0 Å². The molecule has 0 saturated heterocycles. The summed E-state index contributed by atoms with van der Waals surface area (Å²) in [4.78, 5) is 26.5. The van der Waals surface area contributed by atoms with Gasteiger partial charge in [0.15, 0.2) is 0 Å². The highest BCUT2D eigenvalue weighted by molar-refractivity contribution is 6.41. The molecule has 1 aromatic carbocycles. The molecule has 1 amide bonds. The van der Waals surface area contributed by atoms with Gasteiger partial charge in [-0.3, -0.25) is 4.79 Å². The Kier molecular flexibility index (Phi) is 4.85. The summed E-state index contributed by atoms with van der Waals surface area (Å²) in [6.07, 6.45) is 1.27. The van der Waals surface area contributed by atoms with E-state index in [1.807, 2.05) is 13.8 Å². The normalized spacial score (nSPS) is 16.2. The van der Waals surface area contributed by atoms with Crippen molar-refractivity contribution in [3.8, 4) is 0 Å². The number of ether oxygens (including phenoxy) is 1. The smallest absolute Gasteiger partial charge is 0.332 e. The van der Waals surface area contributed by atoms with Gasteiger partial charge in [0.2, 0.25) is 0 Å². The summed E-state index contributed by atoms with van der Waals surface area (Å²) in [6, 6.07) is 5.32. The molecule has 4 nitrogen and oxygen atoms in total. The van der Waals surface area contributed by atoms with Crippen molar-refractivity contribution in [1.29, 1.82) is 0 Å². The standard InChI is InChI=1S/C18H22ClNO3/c1-11(2)10-20-16-12(7-6-8-14(16)19)13(17(20)22)9-15(21)23-18(3,4)5/h6-9,11H,10H2,1-5H3/b13-9+. The number of hydrogen-bond donors (Lipinski definition) is 0. The molecule has 0 bridgehead atoms. The maximum Gasteiger partial charge on any atom is 0.332 e. The maximum absolute atomic E-state index is 12.7. The minimum atomic E-state index is -0.607. The Bertz CT molecular complexity index is 671. The van der Waals surface area contributed by atoms with Crippen LogP contribution in [-0.4, -0.2) is 24.0 Å². The molecule has 0 unspecified atom stereocenters. The number of nitrogens with zero attached hydrogens (tertiary/aromatic N) is 1. The van der Waals surface area contributed by atoms with E-state index in [1.54, 1.807) is 43.9 Å². The molecule has 1 aliphatic rings. The van der Waals surface area contributed by atoms with Crippen molar-refractivity contribution in [3.05, 3.63) is 34.9 Å². The van der Waals surface area contributed by atoms with Gasteiger partial charge in [-0.2, -0.15) is 0 Å². The highest BCUT2D eigenvalue weighted by Crippen LogP contribution is 2.41. The van der Waals surface area contributed by atoms with E-state index in [0.29, 0.717) is 28.4 Å². The molecule has 124 valence electrons. The zero-order chi connectivity index (χ0) is 17.4. The molecular weight excluding hydrogens is 314 g/mol. The number of hydrogen-bond acceptors (Lipinski definition) is 3. The van der Waals surface area contributed by atoms with Crippen LogP contribution in [0.15, 0.2) is 24.3 Å². The molecule has 0 aromatic heterocycles. The molecule has 23 heavy (non-hydrogen) atoms. The van der Waals surface area contributed by atoms with Crippen LogP contribution in [0, 0.1) is 5.92 Å². The first-order valence-electron chi connectivity index (χ1n) is 7.65. The van der Waals surface area contributed by atoms with Crippen LogP contribution in [0.4, 0.5) is 5.69 Å². The summed E-state index contributed by atoms with van der Waals surface area (Å²) in [5.41, 5.74) is 1.07. The van der Waals surface area contributed by atoms with E-state index in [1.165, 1.54) is 6.08 Å². The number of benzene rings is 1. The van der Waals surface area contributed by atoms with E-state index in [9.17, 15) is 9.59 Å². The summed E-state index contributed by atoms with van der Waals surface area (Å²) in [5, 5.41) is 0.504. The molecule has 0 N–H and O–H groups in total. The van der Waals surface area contributed by atoms with E-state index in [-0.39, 0.29) is 11.8 Å². The third-order valence-corrected chi connectivity index (χ3v) is 3.54. The van der Waals surface area contributed by atoms with Crippen LogP contribution in [0.2, 0.25) is 5.02 Å². The maximum atomic E-state index is 12.7. The van der Waals surface area contributed by atoms with Crippen LogP contribution in [0.3, 0.4) is 0 Å². The van der Waals surface area contributed by atoms with Gasteiger partial charge in [0, 0.05) is 18.2 Å². The molecule has 0 fully saturated rings. The van der Waals surface area contributed by atoms with Crippen molar-refractivity contribution in [2.45, 2.75) is 40.2 Å². The minimum absolute atomic E-state index is 0.215. The second-order valence-corrected chi connectivity index (χ2v) is 7.44. The third-order valence-electron chi connectivity index (χ3n) is 3.24. The lowest BCUT2D eigenvalue weighted by Crippen LogP contribution is -2.30. The number of halogens is 1. The average molecular weight is 336 g/mol. The Morgan fingerprint density at radius 1 is 1.35 bits per heavy atom. The molecule has 1 aliphatic heterocycles. The number of carbonyl (C=O) groups is 2. The van der Waals surface area contributed by atoms with Gasteiger partial charge in [0.25, 0.3) is 5.91 Å². The Labute approximate surface area is 142 Å². The lowest BCUT2D eigenvalue weighted by Gasteiger charge is -2.20. The predicted octanol–water partition coefficient (Wildman–Crippen LogP) is 4.07. The highest BCUT2D eigenvalue weighted by Gasteiger charge is 2.35. The van der Waals surface area contributed by atoms with E-state index < -0.39 is 11.6 Å². The first-order valence-corrected chi connectivity index (χ1v) is 8.03. The van der Waals surface area contributed by atoms with Crippen molar-refractivity contribution in [3.63, 3.8) is 0 Å². The molecule has 1 aromatic rings. The van der Waals surface area contributed by atoms with Crippen LogP contribution in [0.5, 0.6) is 0 Å². The average Bonchev–Trinajstić information content (AvgIpc) is 2.63. The first kappa shape index (κ1) is 17.5. The van der Waals surface area contributed by atoms with E-state index >= 15 is 0 Å². The van der Waals surface area contributed by atoms with E-state index in [2.05, 4.69) is 0 Å². The van der Waals surface area contributed by atoms with Crippen LogP contribution < -0.4 is 4.90 Å². The molecule has 0 aliphatic carbocycles. The third kappa shape index (κ3) is 3.94. The number of carbonyl (C=O) groups excluding carboxylic acids is 2. The van der Waals surface area contributed by atoms with Crippen LogP contribution in [0.1, 0.15) is 40.2 Å². The molecular formula is C18H22ClNO3. The van der Waals surface area contributed by atoms with Gasteiger partial charge in [-0.1, -0.05) is 37.6 Å². The quantitative estimate of drug-likeness (QED) is 0.618. The molecule has 5 heteroatoms. The molecule has 0 spiro atoms. The molecule has 0 saturated carbocycles. The van der Waals surface area contributed by atoms with Crippen LogP contribution >= 0.6 is 11.6 Å². The first-order chi connectivity index (χ1) is 10.6. The van der Waals surface area contributed by atoms with Gasteiger partial charge in [-0.25, -0.2) is 4.79 Å². The number of anilines is 1. The van der Waals surface area contributed by atoms with Crippen molar-refractivity contribution in [2.75, 3.05) is 11.4 Å². The topological polar surface area (TPSA) is 46.6 Å². The summed E-state index contributed by atoms with van der Waals surface area (Å²) in [6.45, 7) is 9.96. The summed E-state index contributed by atoms with van der Waals surface area (Å²) in [5.74, 6) is -0.463. The monoisotopic (exact) mass is 335 g/mol. The predicted molar refractivity (Wildman–Crippen MR) is 92.5 cm³/mol. The van der Waals surface area contributed by atoms with Gasteiger partial charge in [-0.15, -0.1) is 0 Å². The lowest BCUT2D eigenvalue weighted by molar-refractivity contribution is -0.148. The summed E-state index contributed by atoms with van der Waals surface area (Å²) in [7, 11) is 0. The van der Waals surface area contributed by atoms with Crippen molar-refractivity contribution >= 4 is 34.7 Å². The fourth-order valence-electron chi connectivity index (χ4n) is 2.50. The molecule has 2 rings (SSSR count). The fourth-order valence-corrected chi connectivity index (χ4v) is 2.77. The van der Waals surface area contributed by atoms with Gasteiger partial charge >= 0.3 is 5.97 Å². The number of fused-ring (bicyclic) bond motifs is 1.